The number of aliphatic hydroxyl groups is 3. The van der Waals surface area contributed by atoms with Crippen LogP contribution in [0, 0.1) is 17.8 Å². The molecule has 3 aliphatic heterocycles. The molecule has 74 heavy (non-hydrogen) atoms. The van der Waals surface area contributed by atoms with E-state index in [0.717, 1.165) is 41.7 Å². The van der Waals surface area contributed by atoms with Crippen molar-refractivity contribution < 1.29 is 44.0 Å². The number of anilines is 1. The average molecular weight is 993 g/mol. The Balaban J connectivity index is 1.25. The highest BCUT2D eigenvalue weighted by atomic mass is 16.6. The summed E-state index contributed by atoms with van der Waals surface area (Å²) in [6.07, 6.45) is 2.47. The molecule has 10 rings (SSSR count). The Morgan fingerprint density at radius 1 is 0.757 bits per heavy atom. The predicted octanol–water partition coefficient (Wildman–Crippen LogP) is 8.48. The van der Waals surface area contributed by atoms with Crippen molar-refractivity contribution in [3.63, 3.8) is 0 Å². The van der Waals surface area contributed by atoms with Crippen molar-refractivity contribution in [3.8, 4) is 17.6 Å². The minimum atomic E-state index is -2.13. The third-order valence-electron chi connectivity index (χ3n) is 15.1. The van der Waals surface area contributed by atoms with E-state index in [9.17, 15) is 15.3 Å². The Morgan fingerprint density at radius 3 is 2.04 bits per heavy atom. The number of carbonyl (C=O) groups is 4. The summed E-state index contributed by atoms with van der Waals surface area (Å²) in [7, 11) is 0. The molecule has 8 atom stereocenters. The Hall–Kier alpha value is -7.60. The van der Waals surface area contributed by atoms with Crippen LogP contribution in [0.15, 0.2) is 164 Å². The number of benzene rings is 6. The Kier molecular flexibility index (Phi) is 14.5. The van der Waals surface area contributed by atoms with Crippen LogP contribution < -0.4 is 20.3 Å². The molecule has 0 radical (unpaired) electrons. The van der Waals surface area contributed by atoms with Gasteiger partial charge in [0.25, 0.3) is 0 Å². The Bertz CT molecular complexity index is 3050. The van der Waals surface area contributed by atoms with E-state index < -0.39 is 77.1 Å². The van der Waals surface area contributed by atoms with E-state index >= 15 is 19.2 Å². The number of morpholine rings is 1. The van der Waals surface area contributed by atoms with Crippen molar-refractivity contribution in [2.45, 2.75) is 92.8 Å². The van der Waals surface area contributed by atoms with Crippen molar-refractivity contribution in [1.82, 2.24) is 15.5 Å². The zero-order valence-electron chi connectivity index (χ0n) is 41.2. The largest absolute Gasteiger partial charge is 0.491 e. The predicted molar refractivity (Wildman–Crippen MR) is 278 cm³/mol. The number of imide groups is 1. The molecule has 6 aromatic rings. The minimum Gasteiger partial charge on any atom is -0.491 e. The fraction of sp³-hybridized carbons (Fsp3) is 0.311. The molecule has 8 unspecified atom stereocenters. The van der Waals surface area contributed by atoms with Gasteiger partial charge in [-0.05, 0) is 96.3 Å². The molecule has 0 bridgehead atoms. The number of nitrogens with one attached hydrogen (secondary N) is 2. The van der Waals surface area contributed by atoms with Crippen LogP contribution in [0.4, 0.5) is 10.5 Å². The molecule has 2 saturated heterocycles. The van der Waals surface area contributed by atoms with Gasteiger partial charge in [0.15, 0.2) is 0 Å². The minimum absolute atomic E-state index is 0.0425. The maximum absolute atomic E-state index is 16.8. The Morgan fingerprint density at radius 2 is 1.38 bits per heavy atom. The summed E-state index contributed by atoms with van der Waals surface area (Å²) in [5.41, 5.74) is 0.653. The van der Waals surface area contributed by atoms with Gasteiger partial charge in [-0.15, -0.1) is 0 Å². The van der Waals surface area contributed by atoms with Crippen molar-refractivity contribution in [2.24, 2.45) is 5.92 Å². The van der Waals surface area contributed by atoms with E-state index in [-0.39, 0.29) is 31.0 Å². The lowest BCUT2D eigenvalue weighted by molar-refractivity contribution is -0.178. The fourth-order valence-electron chi connectivity index (χ4n) is 11.7. The summed E-state index contributed by atoms with van der Waals surface area (Å²) < 4.78 is 12.7. The number of ether oxygens (including phenoxy) is 2. The summed E-state index contributed by atoms with van der Waals surface area (Å²) in [6, 6.07) is 44.2. The number of cyclic esters (lactones) is 1. The molecule has 3 heterocycles. The summed E-state index contributed by atoms with van der Waals surface area (Å²) in [4.78, 5) is 66.6. The normalized spacial score (nSPS) is 23.8. The molecule has 5 N–H and O–H groups in total. The standard InChI is InChI=1S/C61H60N4O9/c1-40(42-19-8-4-9-20-42)63-59(71)64-49-30-29-41(31-34-60(72)32-16-2-3-17-33-60)37-48(49)61(58(64)70)51(56(68)62-39-50(67)43-21-10-5-11-22-43)53-57(69)74-54(45-25-14-7-15-26-45)52(44-23-12-6-13-24-44)65(53)55(61)46-27-18-28-47(38-46)73-36-35-66/h4-15,18-30,37-38,40,50-55,66-67,72H,2-3,16-17,32-33,35-36,39H2,1H3,(H,62,68)(H,63,71). The van der Waals surface area contributed by atoms with E-state index in [4.69, 9.17) is 9.47 Å². The van der Waals surface area contributed by atoms with Gasteiger partial charge in [-0.3, -0.25) is 19.3 Å². The summed E-state index contributed by atoms with van der Waals surface area (Å²) >= 11 is 0. The van der Waals surface area contributed by atoms with Crippen molar-refractivity contribution >= 4 is 29.5 Å². The number of urea groups is 1. The van der Waals surface area contributed by atoms with Crippen LogP contribution in [-0.4, -0.2) is 75.4 Å². The Labute approximate surface area is 431 Å². The van der Waals surface area contributed by atoms with Crippen molar-refractivity contribution in [3.05, 3.63) is 203 Å². The van der Waals surface area contributed by atoms with Gasteiger partial charge < -0.3 is 35.4 Å². The quantitative estimate of drug-likeness (QED) is 0.0454. The molecule has 1 saturated carbocycles. The first-order valence-corrected chi connectivity index (χ1v) is 25.5. The number of amides is 4. The third kappa shape index (κ3) is 9.46. The number of carbonyl (C=O) groups excluding carboxylic acids is 4. The van der Waals surface area contributed by atoms with Gasteiger partial charge in [-0.2, -0.15) is 0 Å². The highest BCUT2D eigenvalue weighted by molar-refractivity contribution is 6.24. The van der Waals surface area contributed by atoms with Gasteiger partial charge >= 0.3 is 12.0 Å². The van der Waals surface area contributed by atoms with E-state index in [1.54, 1.807) is 60.7 Å². The molecule has 1 spiro atoms. The summed E-state index contributed by atoms with van der Waals surface area (Å²) in [5.74, 6) is 2.85. The van der Waals surface area contributed by atoms with Gasteiger partial charge in [0, 0.05) is 12.1 Å². The van der Waals surface area contributed by atoms with Gasteiger partial charge in [-0.1, -0.05) is 158 Å². The van der Waals surface area contributed by atoms with Crippen LogP contribution in [0.5, 0.6) is 5.75 Å². The van der Waals surface area contributed by atoms with Gasteiger partial charge in [0.1, 0.15) is 35.5 Å². The fourth-order valence-corrected chi connectivity index (χ4v) is 11.7. The van der Waals surface area contributed by atoms with Crippen LogP contribution >= 0.6 is 0 Å². The molecular formula is C61H60N4O9. The maximum Gasteiger partial charge on any atom is 0.329 e. The molecule has 378 valence electrons. The lowest BCUT2D eigenvalue weighted by Gasteiger charge is -2.46. The molecule has 4 aliphatic rings. The first-order chi connectivity index (χ1) is 36.0. The highest BCUT2D eigenvalue weighted by Gasteiger charge is 2.75. The number of fused-ring (bicyclic) bond motifs is 3. The monoisotopic (exact) mass is 992 g/mol. The number of esters is 1. The number of aliphatic hydroxyl groups excluding tert-OH is 2. The lowest BCUT2D eigenvalue weighted by atomic mass is 9.65. The summed E-state index contributed by atoms with van der Waals surface area (Å²) in [5, 5.41) is 39.3. The lowest BCUT2D eigenvalue weighted by Crippen LogP contribution is -2.56. The van der Waals surface area contributed by atoms with Crippen LogP contribution in [0.3, 0.4) is 0 Å². The zero-order chi connectivity index (χ0) is 51.4. The van der Waals surface area contributed by atoms with Crippen LogP contribution in [0.25, 0.3) is 0 Å². The third-order valence-corrected chi connectivity index (χ3v) is 15.1. The van der Waals surface area contributed by atoms with Gasteiger partial charge in [0.05, 0.1) is 42.4 Å². The second-order valence-corrected chi connectivity index (χ2v) is 19.7. The van der Waals surface area contributed by atoms with Crippen molar-refractivity contribution in [1.29, 1.82) is 0 Å². The van der Waals surface area contributed by atoms with Crippen LogP contribution in [-0.2, 0) is 24.5 Å². The van der Waals surface area contributed by atoms with Gasteiger partial charge in [-0.25, -0.2) is 9.69 Å². The van der Waals surface area contributed by atoms with E-state index in [1.165, 1.54) is 0 Å². The van der Waals surface area contributed by atoms with Crippen LogP contribution in [0.2, 0.25) is 0 Å². The van der Waals surface area contributed by atoms with E-state index in [1.807, 2.05) is 115 Å². The number of nitrogens with zero attached hydrogens (tertiary/aromatic N) is 2. The summed E-state index contributed by atoms with van der Waals surface area (Å²) in [6.45, 7) is 1.21. The molecule has 3 fully saturated rings. The molecule has 4 amide bonds. The molecule has 13 nitrogen and oxygen atoms in total. The van der Waals surface area contributed by atoms with E-state index in [0.29, 0.717) is 40.8 Å². The first-order valence-electron chi connectivity index (χ1n) is 25.5. The van der Waals surface area contributed by atoms with Crippen LogP contribution in [0.1, 0.15) is 115 Å². The first kappa shape index (κ1) is 50.0. The molecule has 6 aromatic carbocycles. The van der Waals surface area contributed by atoms with Crippen molar-refractivity contribution in [2.75, 3.05) is 24.7 Å². The zero-order valence-corrected chi connectivity index (χ0v) is 41.2. The molecule has 0 aromatic heterocycles. The highest BCUT2D eigenvalue weighted by Crippen LogP contribution is 2.66. The van der Waals surface area contributed by atoms with Gasteiger partial charge in [0.2, 0.25) is 11.8 Å². The average Bonchev–Trinajstić information content (AvgIpc) is 3.78. The molecule has 13 heteroatoms. The smallest absolute Gasteiger partial charge is 0.329 e. The number of hydrogen-bond acceptors (Lipinski definition) is 10. The maximum atomic E-state index is 16.8. The number of hydrogen-bond donors (Lipinski definition) is 5. The second kappa shape index (κ2) is 21.5. The topological polar surface area (TPSA) is 178 Å². The number of rotatable bonds is 12. The second-order valence-electron chi connectivity index (χ2n) is 19.7. The SMILES string of the molecule is CC(NC(=O)N1C(=O)C2(c3cc(C#CC4(O)CCCCCC4)ccc31)C(C(=O)NCC(O)c1ccccc1)C1C(=O)OC(c3ccccc3)C(c3ccccc3)N1C2c1cccc(OCCO)c1)c1ccccc1. The van der Waals surface area contributed by atoms with E-state index in [2.05, 4.69) is 22.5 Å². The molecular weight excluding hydrogens is 933 g/mol. The molecule has 1 aliphatic carbocycles.